The Hall–Kier alpha value is -1.69. The van der Waals surface area contributed by atoms with Crippen molar-refractivity contribution in [1.29, 1.82) is 0 Å². The van der Waals surface area contributed by atoms with E-state index in [-0.39, 0.29) is 22.8 Å². The molecule has 0 aliphatic heterocycles. The molecule has 0 saturated heterocycles. The smallest absolute Gasteiger partial charge is 0.287 e. The maximum Gasteiger partial charge on any atom is 0.287 e. The molecule has 5 nitrogen and oxygen atoms in total. The van der Waals surface area contributed by atoms with Gasteiger partial charge in [-0.05, 0) is 40.8 Å². The van der Waals surface area contributed by atoms with E-state index in [9.17, 15) is 9.59 Å². The van der Waals surface area contributed by atoms with Gasteiger partial charge in [0.15, 0.2) is 11.2 Å². The highest BCUT2D eigenvalue weighted by atomic mass is 79.9. The van der Waals surface area contributed by atoms with Crippen LogP contribution in [-0.2, 0) is 0 Å². The van der Waals surface area contributed by atoms with E-state index < -0.39 is 0 Å². The van der Waals surface area contributed by atoms with Gasteiger partial charge < -0.3 is 9.73 Å². The number of halogens is 1. The van der Waals surface area contributed by atoms with E-state index in [0.29, 0.717) is 22.3 Å². The summed E-state index contributed by atoms with van der Waals surface area (Å²) in [5.74, 6) is 0.191. The van der Waals surface area contributed by atoms with Gasteiger partial charge in [-0.15, -0.1) is 0 Å². The van der Waals surface area contributed by atoms with Crippen molar-refractivity contribution < 1.29 is 9.21 Å². The third-order valence-corrected chi connectivity index (χ3v) is 4.49. The molecule has 0 radical (unpaired) electrons. The van der Waals surface area contributed by atoms with Crippen molar-refractivity contribution in [2.45, 2.75) is 32.1 Å². The zero-order valence-electron chi connectivity index (χ0n) is 12.1. The Morgan fingerprint density at radius 3 is 2.86 bits per heavy atom. The third-order valence-electron chi connectivity index (χ3n) is 4.05. The number of nitrogens with one attached hydrogen (secondary N) is 1. The van der Waals surface area contributed by atoms with Crippen molar-refractivity contribution in [2.75, 3.05) is 6.54 Å². The van der Waals surface area contributed by atoms with E-state index in [1.54, 1.807) is 6.07 Å². The van der Waals surface area contributed by atoms with Gasteiger partial charge in [0.2, 0.25) is 5.71 Å². The first kappa shape index (κ1) is 15.2. The molecule has 6 heteroatoms. The second-order valence-corrected chi connectivity index (χ2v) is 6.61. The lowest BCUT2D eigenvalue weighted by Gasteiger charge is -2.21. The number of carbonyl (C=O) groups excluding carboxylic acids is 1. The molecule has 1 amide bonds. The predicted octanol–water partition coefficient (Wildman–Crippen LogP) is 3.26. The van der Waals surface area contributed by atoms with Crippen LogP contribution in [0.5, 0.6) is 0 Å². The van der Waals surface area contributed by atoms with Crippen LogP contribution in [0.25, 0.3) is 11.1 Å². The average molecular weight is 365 g/mol. The number of hydrogen-bond acceptors (Lipinski definition) is 4. The molecule has 1 saturated carbocycles. The molecule has 1 fully saturated rings. The molecular weight excluding hydrogens is 348 g/mol. The van der Waals surface area contributed by atoms with Gasteiger partial charge in [0, 0.05) is 23.3 Å². The van der Waals surface area contributed by atoms with Crippen molar-refractivity contribution in [1.82, 2.24) is 10.3 Å². The van der Waals surface area contributed by atoms with Crippen LogP contribution in [-0.4, -0.2) is 17.4 Å². The van der Waals surface area contributed by atoms with Gasteiger partial charge in [-0.1, -0.05) is 19.3 Å². The molecule has 1 aliphatic rings. The molecular formula is C16H17BrN2O3. The highest BCUT2D eigenvalue weighted by Crippen LogP contribution is 2.23. The number of pyridine rings is 1. The van der Waals surface area contributed by atoms with Crippen molar-refractivity contribution in [3.05, 3.63) is 38.8 Å². The van der Waals surface area contributed by atoms with Gasteiger partial charge in [-0.3, -0.25) is 9.59 Å². The number of hydrogen-bond donors (Lipinski definition) is 1. The van der Waals surface area contributed by atoms with E-state index in [0.717, 1.165) is 12.8 Å². The number of amides is 1. The normalized spacial score (nSPS) is 15.9. The standard InChI is InChI=1S/C16H17BrN2O3/c17-11-6-12-13(20)7-14(22-16(12)19-9-11)15(21)18-8-10-4-2-1-3-5-10/h6-7,9-10H,1-5,8H2,(H,18,21). The Morgan fingerprint density at radius 2 is 2.09 bits per heavy atom. The zero-order valence-corrected chi connectivity index (χ0v) is 13.7. The fraction of sp³-hybridized carbons (Fsp3) is 0.438. The number of aromatic nitrogens is 1. The minimum atomic E-state index is -0.353. The van der Waals surface area contributed by atoms with Crippen LogP contribution in [0.1, 0.15) is 42.7 Å². The fourth-order valence-electron chi connectivity index (χ4n) is 2.84. The topological polar surface area (TPSA) is 72.2 Å². The van der Waals surface area contributed by atoms with Gasteiger partial charge in [-0.25, -0.2) is 4.98 Å². The van der Waals surface area contributed by atoms with E-state index in [4.69, 9.17) is 4.42 Å². The first-order valence-electron chi connectivity index (χ1n) is 7.51. The summed E-state index contributed by atoms with van der Waals surface area (Å²) in [4.78, 5) is 28.3. The number of fused-ring (bicyclic) bond motifs is 1. The van der Waals surface area contributed by atoms with Crippen LogP contribution in [0.2, 0.25) is 0 Å². The quantitative estimate of drug-likeness (QED) is 0.906. The third kappa shape index (κ3) is 3.38. The van der Waals surface area contributed by atoms with Gasteiger partial charge in [0.25, 0.3) is 5.91 Å². The van der Waals surface area contributed by atoms with Gasteiger partial charge in [0.1, 0.15) is 0 Å². The Bertz CT molecular complexity index is 751. The molecule has 0 bridgehead atoms. The lowest BCUT2D eigenvalue weighted by Crippen LogP contribution is -2.30. The molecule has 1 N–H and O–H groups in total. The Labute approximate surface area is 136 Å². The summed E-state index contributed by atoms with van der Waals surface area (Å²) in [5, 5.41) is 3.22. The zero-order chi connectivity index (χ0) is 15.5. The SMILES string of the molecule is O=C(NCC1CCCCC1)c1cc(=O)c2cc(Br)cnc2o1. The lowest BCUT2D eigenvalue weighted by atomic mass is 9.89. The van der Waals surface area contributed by atoms with Crippen molar-refractivity contribution in [2.24, 2.45) is 5.92 Å². The lowest BCUT2D eigenvalue weighted by molar-refractivity contribution is 0.0916. The molecule has 1 aliphatic carbocycles. The molecule has 22 heavy (non-hydrogen) atoms. The summed E-state index contributed by atoms with van der Waals surface area (Å²) >= 11 is 3.26. The molecule has 2 aromatic heterocycles. The highest BCUT2D eigenvalue weighted by Gasteiger charge is 2.17. The van der Waals surface area contributed by atoms with Crippen molar-refractivity contribution >= 4 is 32.9 Å². The summed E-state index contributed by atoms with van der Waals surface area (Å²) in [5.41, 5.74) is -0.0867. The minimum Gasteiger partial charge on any atom is -0.432 e. The van der Waals surface area contributed by atoms with Gasteiger partial charge in [0.05, 0.1) is 5.39 Å². The molecule has 3 rings (SSSR count). The highest BCUT2D eigenvalue weighted by molar-refractivity contribution is 9.10. The summed E-state index contributed by atoms with van der Waals surface area (Å²) < 4.78 is 6.15. The summed E-state index contributed by atoms with van der Waals surface area (Å²) in [6, 6.07) is 2.87. The molecule has 116 valence electrons. The van der Waals surface area contributed by atoms with Crippen LogP contribution >= 0.6 is 15.9 Å². The van der Waals surface area contributed by atoms with Crippen molar-refractivity contribution in [3.8, 4) is 0 Å². The largest absolute Gasteiger partial charge is 0.432 e. The minimum absolute atomic E-state index is 0.0168. The monoisotopic (exact) mass is 364 g/mol. The Morgan fingerprint density at radius 1 is 1.32 bits per heavy atom. The average Bonchev–Trinajstić information content (AvgIpc) is 2.54. The Kier molecular flexibility index (Phi) is 4.57. The van der Waals surface area contributed by atoms with E-state index in [2.05, 4.69) is 26.2 Å². The van der Waals surface area contributed by atoms with E-state index in [1.807, 2.05) is 0 Å². The fourth-order valence-corrected chi connectivity index (χ4v) is 3.17. The number of carbonyl (C=O) groups is 1. The molecule has 0 spiro atoms. The van der Waals surface area contributed by atoms with E-state index >= 15 is 0 Å². The van der Waals surface area contributed by atoms with Crippen LogP contribution in [0, 0.1) is 5.92 Å². The summed E-state index contributed by atoms with van der Waals surface area (Å²) in [6.45, 7) is 0.633. The van der Waals surface area contributed by atoms with Crippen LogP contribution < -0.4 is 10.7 Å². The van der Waals surface area contributed by atoms with Gasteiger partial charge in [-0.2, -0.15) is 0 Å². The molecule has 0 atom stereocenters. The first-order chi connectivity index (χ1) is 10.6. The second kappa shape index (κ2) is 6.60. The van der Waals surface area contributed by atoms with Crippen LogP contribution in [0.3, 0.4) is 0 Å². The molecule has 0 unspecified atom stereocenters. The summed E-state index contributed by atoms with van der Waals surface area (Å²) in [6.07, 6.45) is 7.57. The second-order valence-electron chi connectivity index (χ2n) is 5.70. The predicted molar refractivity (Wildman–Crippen MR) is 86.9 cm³/mol. The van der Waals surface area contributed by atoms with Crippen LogP contribution in [0.4, 0.5) is 0 Å². The maximum atomic E-state index is 12.2. The molecule has 0 aromatic carbocycles. The molecule has 2 heterocycles. The number of nitrogens with zero attached hydrogens (tertiary/aromatic N) is 1. The molecule has 2 aromatic rings. The number of rotatable bonds is 3. The summed E-state index contributed by atoms with van der Waals surface area (Å²) in [7, 11) is 0. The van der Waals surface area contributed by atoms with E-state index in [1.165, 1.54) is 31.5 Å². The first-order valence-corrected chi connectivity index (χ1v) is 8.30. The van der Waals surface area contributed by atoms with Gasteiger partial charge >= 0.3 is 0 Å². The van der Waals surface area contributed by atoms with Crippen LogP contribution in [0.15, 0.2) is 32.0 Å². The Balaban J connectivity index is 1.76. The van der Waals surface area contributed by atoms with Crippen molar-refractivity contribution in [3.63, 3.8) is 0 Å². The maximum absolute atomic E-state index is 12.2.